The van der Waals surface area contributed by atoms with Gasteiger partial charge in [-0.2, -0.15) is 5.10 Å². The number of nitrogens with zero attached hydrogens (tertiary/aromatic N) is 1. The van der Waals surface area contributed by atoms with Crippen molar-refractivity contribution in [2.75, 3.05) is 0 Å². The number of aromatic amines is 1. The lowest BCUT2D eigenvalue weighted by Gasteiger charge is -1.98. The first-order valence-electron chi connectivity index (χ1n) is 4.92. The molecule has 2 N–H and O–H groups in total. The summed E-state index contributed by atoms with van der Waals surface area (Å²) < 4.78 is 0. The maximum Gasteiger partial charge on any atom is 0.337 e. The number of H-pyrrole nitrogens is 1. The Balaban J connectivity index is 2.68. The normalized spacial score (nSPS) is 9.81. The fourth-order valence-corrected chi connectivity index (χ4v) is 1.51. The maximum absolute atomic E-state index is 11.0. The lowest BCUT2D eigenvalue weighted by atomic mass is 10.1. The highest BCUT2D eigenvalue weighted by atomic mass is 16.4. The third-order valence-electron chi connectivity index (χ3n) is 2.25. The zero-order chi connectivity index (χ0) is 11.5. The lowest BCUT2D eigenvalue weighted by Crippen LogP contribution is -1.97. The number of benzene rings is 1. The molecule has 0 saturated heterocycles. The quantitative estimate of drug-likeness (QED) is 0.714. The molecule has 0 amide bonds. The fourth-order valence-electron chi connectivity index (χ4n) is 1.51. The number of carbonyl (C=O) groups is 1. The third-order valence-corrected chi connectivity index (χ3v) is 2.25. The summed E-state index contributed by atoms with van der Waals surface area (Å²) in [5, 5.41) is 16.3. The van der Waals surface area contributed by atoms with Crippen molar-refractivity contribution in [3.63, 3.8) is 0 Å². The van der Waals surface area contributed by atoms with Gasteiger partial charge in [0.1, 0.15) is 0 Å². The van der Waals surface area contributed by atoms with Crippen molar-refractivity contribution in [2.24, 2.45) is 0 Å². The van der Waals surface area contributed by atoms with Crippen LogP contribution in [0, 0.1) is 11.8 Å². The van der Waals surface area contributed by atoms with E-state index in [4.69, 9.17) is 5.11 Å². The second-order valence-corrected chi connectivity index (χ2v) is 3.28. The molecule has 0 bridgehead atoms. The van der Waals surface area contributed by atoms with E-state index in [-0.39, 0.29) is 5.56 Å². The van der Waals surface area contributed by atoms with Crippen molar-refractivity contribution in [1.29, 1.82) is 0 Å². The van der Waals surface area contributed by atoms with Crippen molar-refractivity contribution >= 4 is 16.9 Å². The molecular weight excluding hydrogens is 204 g/mol. The van der Waals surface area contributed by atoms with E-state index in [0.717, 1.165) is 17.4 Å². The maximum atomic E-state index is 11.0. The van der Waals surface area contributed by atoms with E-state index in [1.807, 2.05) is 6.92 Å². The van der Waals surface area contributed by atoms with Gasteiger partial charge in [-0.1, -0.05) is 18.8 Å². The van der Waals surface area contributed by atoms with Crippen LogP contribution in [0.4, 0.5) is 0 Å². The number of nitrogens with one attached hydrogen (secondary N) is 1. The Hall–Kier alpha value is -2.28. The number of rotatable bonds is 1. The zero-order valence-electron chi connectivity index (χ0n) is 8.74. The molecule has 0 aliphatic carbocycles. The first kappa shape index (κ1) is 10.2. The van der Waals surface area contributed by atoms with Crippen LogP contribution in [-0.4, -0.2) is 21.3 Å². The van der Waals surface area contributed by atoms with E-state index in [0.29, 0.717) is 5.52 Å². The number of aromatic nitrogens is 2. The van der Waals surface area contributed by atoms with Gasteiger partial charge in [-0.05, 0) is 12.1 Å². The Bertz CT molecular complexity index is 602. The first-order valence-corrected chi connectivity index (χ1v) is 4.92. The number of aromatic carboxylic acids is 1. The minimum Gasteiger partial charge on any atom is -0.478 e. The summed E-state index contributed by atoms with van der Waals surface area (Å²) in [5.41, 5.74) is 1.54. The summed E-state index contributed by atoms with van der Waals surface area (Å²) >= 11 is 0. The molecule has 0 atom stereocenters. The molecule has 4 nitrogen and oxygen atoms in total. The molecule has 4 heteroatoms. The molecule has 0 unspecified atom stereocenters. The van der Waals surface area contributed by atoms with Crippen LogP contribution in [-0.2, 0) is 0 Å². The van der Waals surface area contributed by atoms with E-state index in [1.54, 1.807) is 18.3 Å². The fraction of sp³-hybridized carbons (Fsp3) is 0.167. The van der Waals surface area contributed by atoms with E-state index in [2.05, 4.69) is 22.0 Å². The summed E-state index contributed by atoms with van der Waals surface area (Å²) in [6.07, 6.45) is 2.36. The Morgan fingerprint density at radius 1 is 1.56 bits per heavy atom. The Morgan fingerprint density at radius 2 is 2.38 bits per heavy atom. The van der Waals surface area contributed by atoms with Gasteiger partial charge in [0.05, 0.1) is 17.3 Å². The van der Waals surface area contributed by atoms with Gasteiger partial charge < -0.3 is 5.11 Å². The van der Waals surface area contributed by atoms with Gasteiger partial charge in [-0.3, -0.25) is 5.10 Å². The molecule has 80 valence electrons. The van der Waals surface area contributed by atoms with Crippen LogP contribution in [0.3, 0.4) is 0 Å². The molecule has 16 heavy (non-hydrogen) atoms. The predicted octanol–water partition coefficient (Wildman–Crippen LogP) is 2.02. The average molecular weight is 214 g/mol. The minimum absolute atomic E-state index is 0.217. The Morgan fingerprint density at radius 3 is 3.06 bits per heavy atom. The van der Waals surface area contributed by atoms with Crippen molar-refractivity contribution in [2.45, 2.75) is 13.3 Å². The molecule has 0 saturated carbocycles. The smallest absolute Gasteiger partial charge is 0.337 e. The van der Waals surface area contributed by atoms with Crippen molar-refractivity contribution < 1.29 is 9.90 Å². The highest BCUT2D eigenvalue weighted by Crippen LogP contribution is 2.20. The first-order chi connectivity index (χ1) is 7.74. The third kappa shape index (κ3) is 1.63. The largest absolute Gasteiger partial charge is 0.478 e. The Labute approximate surface area is 92.3 Å². The van der Waals surface area contributed by atoms with Crippen molar-refractivity contribution in [3.05, 3.63) is 29.5 Å². The molecule has 0 aliphatic rings. The van der Waals surface area contributed by atoms with E-state index < -0.39 is 5.97 Å². The summed E-state index contributed by atoms with van der Waals surface area (Å²) in [6, 6.07) is 3.26. The second-order valence-electron chi connectivity index (χ2n) is 3.28. The SMILES string of the molecule is CCC#Cc1ccc(C(=O)O)c2[nH]ncc12. The van der Waals surface area contributed by atoms with Crippen LogP contribution in [0.15, 0.2) is 18.3 Å². The van der Waals surface area contributed by atoms with Crippen LogP contribution in [0.2, 0.25) is 0 Å². The van der Waals surface area contributed by atoms with Crippen LogP contribution >= 0.6 is 0 Å². The number of fused-ring (bicyclic) bond motifs is 1. The van der Waals surface area contributed by atoms with Gasteiger partial charge in [0.15, 0.2) is 0 Å². The number of carboxylic acids is 1. The Kier molecular flexibility index (Phi) is 2.61. The van der Waals surface area contributed by atoms with Crippen LogP contribution in [0.5, 0.6) is 0 Å². The van der Waals surface area contributed by atoms with Crippen LogP contribution in [0.1, 0.15) is 29.3 Å². The molecule has 1 aromatic carbocycles. The molecule has 0 fully saturated rings. The molecule has 0 aliphatic heterocycles. The summed E-state index contributed by atoms with van der Waals surface area (Å²) in [4.78, 5) is 11.0. The lowest BCUT2D eigenvalue weighted by molar-refractivity contribution is 0.0699. The highest BCUT2D eigenvalue weighted by molar-refractivity contribution is 6.03. The van der Waals surface area contributed by atoms with Crippen molar-refractivity contribution in [1.82, 2.24) is 10.2 Å². The van der Waals surface area contributed by atoms with Crippen LogP contribution < -0.4 is 0 Å². The van der Waals surface area contributed by atoms with Gasteiger partial charge in [0.25, 0.3) is 0 Å². The molecule has 1 heterocycles. The predicted molar refractivity (Wildman–Crippen MR) is 60.2 cm³/mol. The molecule has 0 spiro atoms. The van der Waals surface area contributed by atoms with Gasteiger partial charge in [0, 0.05) is 17.4 Å². The van der Waals surface area contributed by atoms with Gasteiger partial charge in [0.2, 0.25) is 0 Å². The number of hydrogen-bond donors (Lipinski definition) is 2. The highest BCUT2D eigenvalue weighted by Gasteiger charge is 2.11. The van der Waals surface area contributed by atoms with E-state index >= 15 is 0 Å². The van der Waals surface area contributed by atoms with E-state index in [1.165, 1.54) is 0 Å². The summed E-state index contributed by atoms with van der Waals surface area (Å²) in [6.45, 7) is 1.96. The standard InChI is InChI=1S/C12H10N2O2/c1-2-3-4-8-5-6-9(12(15)16)11-10(8)7-13-14-11/h5-7H,2H2,1H3,(H,13,14)(H,15,16). The minimum atomic E-state index is -0.968. The molecule has 2 aromatic rings. The second kappa shape index (κ2) is 4.07. The van der Waals surface area contributed by atoms with Gasteiger partial charge in [-0.25, -0.2) is 4.79 Å². The molecule has 0 radical (unpaired) electrons. The number of carboxylic acid groups (broad SMARTS) is 1. The molecule has 2 rings (SSSR count). The van der Waals surface area contributed by atoms with Gasteiger partial charge >= 0.3 is 5.97 Å². The zero-order valence-corrected chi connectivity index (χ0v) is 8.74. The average Bonchev–Trinajstić information content (AvgIpc) is 2.74. The molecular formula is C12H10N2O2. The monoisotopic (exact) mass is 214 g/mol. The summed E-state index contributed by atoms with van der Waals surface area (Å²) in [7, 11) is 0. The number of hydrogen-bond acceptors (Lipinski definition) is 2. The topological polar surface area (TPSA) is 66.0 Å². The van der Waals surface area contributed by atoms with Crippen molar-refractivity contribution in [3.8, 4) is 11.8 Å². The summed E-state index contributed by atoms with van der Waals surface area (Å²) in [5.74, 6) is 4.97. The van der Waals surface area contributed by atoms with Gasteiger partial charge in [-0.15, -0.1) is 0 Å². The van der Waals surface area contributed by atoms with Crippen LogP contribution in [0.25, 0.3) is 10.9 Å². The molecule has 1 aromatic heterocycles. The van der Waals surface area contributed by atoms with E-state index in [9.17, 15) is 4.79 Å².